The zero-order valence-electron chi connectivity index (χ0n) is 10.6. The number of fused-ring (bicyclic) bond motifs is 1. The quantitative estimate of drug-likeness (QED) is 0.724. The standard InChI is InChI=1S/C15H19BrO/c1-15(2)9-17-14-12(10-5-3-4-6-10)7-11(16)8-13(14)15/h7-8,10H,3-6,9H2,1-2H3. The normalized spacial score (nSPS) is 22.5. The molecule has 2 heteroatoms. The molecule has 1 aliphatic carbocycles. The van der Waals surface area contributed by atoms with Gasteiger partial charge in [0.05, 0.1) is 6.61 Å². The van der Waals surface area contributed by atoms with Crippen molar-refractivity contribution in [2.24, 2.45) is 0 Å². The largest absolute Gasteiger partial charge is 0.492 e. The van der Waals surface area contributed by atoms with Crippen LogP contribution in [0.1, 0.15) is 56.6 Å². The van der Waals surface area contributed by atoms with Gasteiger partial charge in [-0.05, 0) is 36.5 Å². The lowest BCUT2D eigenvalue weighted by atomic mass is 9.84. The predicted octanol–water partition coefficient (Wildman–Crippen LogP) is 4.78. The number of ether oxygens (including phenoxy) is 1. The molecule has 0 N–H and O–H groups in total. The maximum absolute atomic E-state index is 5.99. The van der Waals surface area contributed by atoms with Gasteiger partial charge in [-0.1, -0.05) is 42.6 Å². The minimum absolute atomic E-state index is 0.159. The van der Waals surface area contributed by atoms with Crippen LogP contribution in [0.3, 0.4) is 0 Å². The highest BCUT2D eigenvalue weighted by molar-refractivity contribution is 9.10. The van der Waals surface area contributed by atoms with E-state index < -0.39 is 0 Å². The van der Waals surface area contributed by atoms with Crippen LogP contribution in [-0.4, -0.2) is 6.61 Å². The van der Waals surface area contributed by atoms with Crippen LogP contribution in [0.15, 0.2) is 16.6 Å². The summed E-state index contributed by atoms with van der Waals surface area (Å²) < 4.78 is 7.20. The van der Waals surface area contributed by atoms with Crippen LogP contribution in [0.2, 0.25) is 0 Å². The third kappa shape index (κ3) is 1.91. The van der Waals surface area contributed by atoms with Gasteiger partial charge in [0.2, 0.25) is 0 Å². The van der Waals surface area contributed by atoms with Crippen molar-refractivity contribution in [3.8, 4) is 5.75 Å². The Morgan fingerprint density at radius 1 is 1.24 bits per heavy atom. The Morgan fingerprint density at radius 3 is 2.65 bits per heavy atom. The molecule has 2 aliphatic rings. The van der Waals surface area contributed by atoms with Crippen LogP contribution >= 0.6 is 15.9 Å². The van der Waals surface area contributed by atoms with Gasteiger partial charge in [-0.25, -0.2) is 0 Å². The Bertz CT molecular complexity index is 444. The molecule has 0 aromatic heterocycles. The third-order valence-corrected chi connectivity index (χ3v) is 4.64. The molecule has 0 unspecified atom stereocenters. The summed E-state index contributed by atoms with van der Waals surface area (Å²) in [5, 5.41) is 0. The molecule has 0 saturated heterocycles. The van der Waals surface area contributed by atoms with E-state index in [-0.39, 0.29) is 5.41 Å². The fraction of sp³-hybridized carbons (Fsp3) is 0.600. The summed E-state index contributed by atoms with van der Waals surface area (Å²) in [6.07, 6.45) is 5.39. The minimum atomic E-state index is 0.159. The topological polar surface area (TPSA) is 9.23 Å². The van der Waals surface area contributed by atoms with E-state index in [0.29, 0.717) is 0 Å². The molecule has 0 amide bonds. The molecular formula is C15H19BrO. The van der Waals surface area contributed by atoms with Gasteiger partial charge in [-0.2, -0.15) is 0 Å². The van der Waals surface area contributed by atoms with Crippen LogP contribution in [0.25, 0.3) is 0 Å². The Morgan fingerprint density at radius 2 is 1.94 bits per heavy atom. The maximum atomic E-state index is 5.99. The fourth-order valence-electron chi connectivity index (χ4n) is 3.15. The first kappa shape index (κ1) is 11.6. The second-order valence-electron chi connectivity index (χ2n) is 6.03. The van der Waals surface area contributed by atoms with Crippen LogP contribution in [-0.2, 0) is 5.41 Å². The molecule has 1 aromatic rings. The van der Waals surface area contributed by atoms with Crippen molar-refractivity contribution in [1.29, 1.82) is 0 Å². The average molecular weight is 295 g/mol. The van der Waals surface area contributed by atoms with Crippen LogP contribution in [0.4, 0.5) is 0 Å². The van der Waals surface area contributed by atoms with Crippen molar-refractivity contribution in [3.63, 3.8) is 0 Å². The lowest BCUT2D eigenvalue weighted by Gasteiger charge is -2.18. The molecule has 1 nitrogen and oxygen atoms in total. The van der Waals surface area contributed by atoms with Crippen LogP contribution in [0.5, 0.6) is 5.75 Å². The summed E-state index contributed by atoms with van der Waals surface area (Å²) in [5.74, 6) is 1.90. The molecule has 1 saturated carbocycles. The van der Waals surface area contributed by atoms with Gasteiger partial charge in [0.15, 0.2) is 0 Å². The molecule has 1 aromatic carbocycles. The SMILES string of the molecule is CC1(C)COc2c(C3CCCC3)cc(Br)cc21. The highest BCUT2D eigenvalue weighted by Crippen LogP contribution is 2.48. The van der Waals surface area contributed by atoms with E-state index in [2.05, 4.69) is 41.9 Å². The molecule has 0 spiro atoms. The predicted molar refractivity (Wildman–Crippen MR) is 73.9 cm³/mol. The summed E-state index contributed by atoms with van der Waals surface area (Å²) in [6.45, 7) is 5.35. The monoisotopic (exact) mass is 294 g/mol. The lowest BCUT2D eigenvalue weighted by Crippen LogP contribution is -2.18. The first-order chi connectivity index (χ1) is 8.08. The van der Waals surface area contributed by atoms with Crippen LogP contribution < -0.4 is 4.74 Å². The first-order valence-corrected chi connectivity index (χ1v) is 7.34. The van der Waals surface area contributed by atoms with Crippen LogP contribution in [0, 0.1) is 0 Å². The summed E-state index contributed by atoms with van der Waals surface area (Å²) >= 11 is 3.66. The highest BCUT2D eigenvalue weighted by atomic mass is 79.9. The Balaban J connectivity index is 2.10. The minimum Gasteiger partial charge on any atom is -0.492 e. The first-order valence-electron chi connectivity index (χ1n) is 6.55. The molecule has 1 heterocycles. The Labute approximate surface area is 112 Å². The van der Waals surface area contributed by atoms with Gasteiger partial charge in [0.25, 0.3) is 0 Å². The molecule has 92 valence electrons. The van der Waals surface area contributed by atoms with E-state index in [1.54, 1.807) is 0 Å². The van der Waals surface area contributed by atoms with Crippen molar-refractivity contribution in [1.82, 2.24) is 0 Å². The molecule has 0 bridgehead atoms. The van der Waals surface area contributed by atoms with Crippen molar-refractivity contribution in [2.45, 2.75) is 50.9 Å². The van der Waals surface area contributed by atoms with E-state index in [0.717, 1.165) is 12.5 Å². The zero-order chi connectivity index (χ0) is 12.0. The summed E-state index contributed by atoms with van der Waals surface area (Å²) in [4.78, 5) is 0. The number of hydrogen-bond acceptors (Lipinski definition) is 1. The molecule has 3 rings (SSSR count). The second kappa shape index (κ2) is 4.01. The van der Waals surface area contributed by atoms with E-state index in [9.17, 15) is 0 Å². The molecule has 17 heavy (non-hydrogen) atoms. The Kier molecular flexibility index (Phi) is 2.73. The molecule has 1 fully saturated rings. The van der Waals surface area contributed by atoms with Crippen molar-refractivity contribution in [2.75, 3.05) is 6.61 Å². The summed E-state index contributed by atoms with van der Waals surface area (Å²) in [6, 6.07) is 4.51. The molecular weight excluding hydrogens is 276 g/mol. The van der Waals surface area contributed by atoms with Gasteiger partial charge in [0, 0.05) is 15.5 Å². The van der Waals surface area contributed by atoms with Gasteiger partial charge in [0.1, 0.15) is 5.75 Å². The summed E-state index contributed by atoms with van der Waals surface area (Å²) in [5.41, 5.74) is 2.98. The van der Waals surface area contributed by atoms with E-state index >= 15 is 0 Å². The maximum Gasteiger partial charge on any atom is 0.126 e. The average Bonchev–Trinajstić information content (AvgIpc) is 2.87. The number of rotatable bonds is 1. The Hall–Kier alpha value is -0.500. The smallest absolute Gasteiger partial charge is 0.126 e. The third-order valence-electron chi connectivity index (χ3n) is 4.18. The zero-order valence-corrected chi connectivity index (χ0v) is 12.1. The van der Waals surface area contributed by atoms with E-state index in [1.807, 2.05) is 0 Å². The molecule has 0 radical (unpaired) electrons. The molecule has 0 atom stereocenters. The number of benzene rings is 1. The van der Waals surface area contributed by atoms with Gasteiger partial charge >= 0.3 is 0 Å². The van der Waals surface area contributed by atoms with Gasteiger partial charge in [-0.3, -0.25) is 0 Å². The lowest BCUT2D eigenvalue weighted by molar-refractivity contribution is 0.288. The van der Waals surface area contributed by atoms with Crippen molar-refractivity contribution >= 4 is 15.9 Å². The van der Waals surface area contributed by atoms with Gasteiger partial charge in [-0.15, -0.1) is 0 Å². The fourth-order valence-corrected chi connectivity index (χ4v) is 3.62. The molecule has 1 aliphatic heterocycles. The second-order valence-corrected chi connectivity index (χ2v) is 6.94. The van der Waals surface area contributed by atoms with Crippen molar-refractivity contribution < 1.29 is 4.74 Å². The van der Waals surface area contributed by atoms with Gasteiger partial charge < -0.3 is 4.74 Å². The number of hydrogen-bond donors (Lipinski definition) is 0. The van der Waals surface area contributed by atoms with Crippen molar-refractivity contribution in [3.05, 3.63) is 27.7 Å². The highest BCUT2D eigenvalue weighted by Gasteiger charge is 2.35. The van der Waals surface area contributed by atoms with E-state index in [4.69, 9.17) is 4.74 Å². The summed E-state index contributed by atoms with van der Waals surface area (Å²) in [7, 11) is 0. The number of halogens is 1. The van der Waals surface area contributed by atoms with E-state index in [1.165, 1.54) is 47.0 Å².